The van der Waals surface area contributed by atoms with Gasteiger partial charge in [0, 0.05) is 17.4 Å². The second-order valence-corrected chi connectivity index (χ2v) is 9.43. The number of ketones is 1. The molecule has 0 aromatic heterocycles. The molecule has 1 nitrogen and oxygen atoms in total. The smallest absolute Gasteiger partial charge is 0.163 e. The largest absolute Gasteiger partial charge is 0.294 e. The van der Waals surface area contributed by atoms with Crippen LogP contribution >= 0.6 is 0 Å². The van der Waals surface area contributed by atoms with Gasteiger partial charge in [0.1, 0.15) is 0 Å². The molecule has 2 bridgehead atoms. The molecule has 25 heavy (non-hydrogen) atoms. The van der Waals surface area contributed by atoms with Crippen molar-refractivity contribution in [3.05, 3.63) is 58.7 Å². The maximum absolute atomic E-state index is 12.7. The van der Waals surface area contributed by atoms with Crippen molar-refractivity contribution in [2.24, 2.45) is 5.92 Å². The average Bonchev–Trinajstić information content (AvgIpc) is 3.17. The molecule has 0 aliphatic heterocycles. The number of carbonyl (C=O) groups excluding carboxylic acids is 1. The third-order valence-corrected chi connectivity index (χ3v) is 6.99. The van der Waals surface area contributed by atoms with Gasteiger partial charge in [0.05, 0.1) is 0 Å². The van der Waals surface area contributed by atoms with Crippen LogP contribution in [-0.4, -0.2) is 5.78 Å². The van der Waals surface area contributed by atoms with Crippen LogP contribution in [0.25, 0.3) is 10.8 Å². The number of rotatable bonds is 0. The summed E-state index contributed by atoms with van der Waals surface area (Å²) < 4.78 is 0. The molecule has 2 atom stereocenters. The summed E-state index contributed by atoms with van der Waals surface area (Å²) in [6.45, 7) is 6.85. The minimum atomic E-state index is 0.108. The van der Waals surface area contributed by atoms with Crippen LogP contribution < -0.4 is 0 Å². The lowest BCUT2D eigenvalue weighted by Gasteiger charge is -2.41. The molecule has 5 rings (SSSR count). The van der Waals surface area contributed by atoms with E-state index in [2.05, 4.69) is 57.2 Å². The van der Waals surface area contributed by atoms with E-state index in [0.29, 0.717) is 11.7 Å². The summed E-state index contributed by atoms with van der Waals surface area (Å²) in [6.07, 6.45) is 7.87. The number of hydrogen-bond donors (Lipinski definition) is 0. The summed E-state index contributed by atoms with van der Waals surface area (Å²) in [5, 5.41) is 2.57. The first-order valence-electron chi connectivity index (χ1n) is 9.67. The molecule has 0 N–H and O–H groups in total. The Labute approximate surface area is 150 Å². The predicted octanol–water partition coefficient (Wildman–Crippen LogP) is 6.09. The minimum Gasteiger partial charge on any atom is -0.294 e. The highest BCUT2D eigenvalue weighted by molar-refractivity contribution is 6.04. The van der Waals surface area contributed by atoms with Crippen LogP contribution in [-0.2, 0) is 10.8 Å². The van der Waals surface area contributed by atoms with E-state index < -0.39 is 0 Å². The van der Waals surface area contributed by atoms with Gasteiger partial charge in [0.15, 0.2) is 5.78 Å². The second-order valence-electron chi connectivity index (χ2n) is 9.43. The Kier molecular flexibility index (Phi) is 2.98. The van der Waals surface area contributed by atoms with E-state index in [9.17, 15) is 4.79 Å². The van der Waals surface area contributed by atoms with Crippen LogP contribution in [0, 0.1) is 5.92 Å². The zero-order valence-corrected chi connectivity index (χ0v) is 15.5. The quantitative estimate of drug-likeness (QED) is 0.534. The fourth-order valence-electron chi connectivity index (χ4n) is 5.74. The zero-order chi connectivity index (χ0) is 17.4. The van der Waals surface area contributed by atoms with Crippen LogP contribution in [0.1, 0.15) is 74.4 Å². The number of Topliss-reactive ketones (excluding diaryl/α,β-unsaturated/α-hetero) is 1. The molecule has 0 heterocycles. The molecule has 1 spiro atoms. The first kappa shape index (κ1) is 15.4. The van der Waals surface area contributed by atoms with Crippen molar-refractivity contribution < 1.29 is 4.79 Å². The highest BCUT2D eigenvalue weighted by Crippen LogP contribution is 2.59. The third kappa shape index (κ3) is 2.05. The number of carbonyl (C=O) groups is 1. The first-order chi connectivity index (χ1) is 11.9. The molecule has 0 radical (unpaired) electrons. The van der Waals surface area contributed by atoms with Gasteiger partial charge in [-0.15, -0.1) is 0 Å². The Morgan fingerprint density at radius 2 is 2.00 bits per heavy atom. The molecule has 2 unspecified atom stereocenters. The monoisotopic (exact) mass is 330 g/mol. The van der Waals surface area contributed by atoms with Crippen LogP contribution in [0.15, 0.2) is 42.0 Å². The normalized spacial score (nSPS) is 27.9. The van der Waals surface area contributed by atoms with Crippen molar-refractivity contribution in [2.45, 2.75) is 63.7 Å². The maximum atomic E-state index is 12.7. The van der Waals surface area contributed by atoms with Gasteiger partial charge in [-0.05, 0) is 71.0 Å². The maximum Gasteiger partial charge on any atom is 0.163 e. The molecule has 1 saturated carbocycles. The third-order valence-electron chi connectivity index (χ3n) is 6.99. The van der Waals surface area contributed by atoms with Crippen molar-refractivity contribution >= 4 is 16.6 Å². The van der Waals surface area contributed by atoms with Crippen LogP contribution in [0.2, 0.25) is 0 Å². The van der Waals surface area contributed by atoms with Gasteiger partial charge in [-0.2, -0.15) is 0 Å². The molecule has 3 aliphatic rings. The molecule has 0 amide bonds. The molecule has 3 aliphatic carbocycles. The summed E-state index contributed by atoms with van der Waals surface area (Å²) in [6, 6.07) is 11.2. The zero-order valence-electron chi connectivity index (χ0n) is 15.5. The van der Waals surface area contributed by atoms with Crippen molar-refractivity contribution in [2.75, 3.05) is 0 Å². The summed E-state index contributed by atoms with van der Waals surface area (Å²) in [4.78, 5) is 12.7. The molecule has 128 valence electrons. The highest BCUT2D eigenvalue weighted by Gasteiger charge is 2.51. The van der Waals surface area contributed by atoms with Gasteiger partial charge in [-0.25, -0.2) is 0 Å². The summed E-state index contributed by atoms with van der Waals surface area (Å²) in [5.74, 6) is 1.06. The Hall–Kier alpha value is -1.89. The lowest BCUT2D eigenvalue weighted by Crippen LogP contribution is -2.37. The minimum absolute atomic E-state index is 0.108. The molecule has 1 fully saturated rings. The molecule has 1 heteroatoms. The van der Waals surface area contributed by atoms with Gasteiger partial charge in [0.25, 0.3) is 0 Å². The molecular weight excluding hydrogens is 304 g/mol. The fraction of sp³-hybridized carbons (Fsp3) is 0.458. The van der Waals surface area contributed by atoms with E-state index in [-0.39, 0.29) is 10.8 Å². The Morgan fingerprint density at radius 3 is 2.68 bits per heavy atom. The number of hydrogen-bond acceptors (Lipinski definition) is 1. The summed E-state index contributed by atoms with van der Waals surface area (Å²) in [5.41, 5.74) is 5.74. The van der Waals surface area contributed by atoms with E-state index >= 15 is 0 Å². The van der Waals surface area contributed by atoms with Crippen molar-refractivity contribution in [3.8, 4) is 0 Å². The predicted molar refractivity (Wildman–Crippen MR) is 103 cm³/mol. The summed E-state index contributed by atoms with van der Waals surface area (Å²) >= 11 is 0. The van der Waals surface area contributed by atoms with E-state index in [4.69, 9.17) is 0 Å². The van der Waals surface area contributed by atoms with Gasteiger partial charge < -0.3 is 0 Å². The lowest BCUT2D eigenvalue weighted by molar-refractivity contribution is 0.0940. The first-order valence-corrected chi connectivity index (χ1v) is 9.67. The molecule has 2 aromatic rings. The van der Waals surface area contributed by atoms with Crippen molar-refractivity contribution in [1.29, 1.82) is 0 Å². The Balaban J connectivity index is 1.81. The van der Waals surface area contributed by atoms with Crippen molar-refractivity contribution in [3.63, 3.8) is 0 Å². The van der Waals surface area contributed by atoms with Crippen LogP contribution in [0.5, 0.6) is 0 Å². The number of allylic oxidation sites excluding steroid dienone is 2. The van der Waals surface area contributed by atoms with Crippen molar-refractivity contribution in [1.82, 2.24) is 0 Å². The molecule has 0 saturated heterocycles. The SMILES string of the molecule is CC(C)(C)c1cccc2cc3c(cc12)C1(CCC3=O)CC2=CCC1C2. The van der Waals surface area contributed by atoms with Crippen LogP contribution in [0.3, 0.4) is 0 Å². The summed E-state index contributed by atoms with van der Waals surface area (Å²) in [7, 11) is 0. The van der Waals surface area contributed by atoms with Gasteiger partial charge in [0.2, 0.25) is 0 Å². The second kappa shape index (κ2) is 4.84. The fourth-order valence-corrected chi connectivity index (χ4v) is 5.74. The molecule has 2 aromatic carbocycles. The Morgan fingerprint density at radius 1 is 1.16 bits per heavy atom. The molecular formula is C24H26O. The standard InChI is InChI=1S/C24H26O/c1-23(2,3)20-6-4-5-16-12-19-21(13-18(16)20)24(10-9-22(19)25)14-15-7-8-17(24)11-15/h4-7,12-13,17H,8-11,14H2,1-3H3. The van der Waals surface area contributed by atoms with Gasteiger partial charge in [-0.3, -0.25) is 4.79 Å². The average molecular weight is 330 g/mol. The number of benzene rings is 2. The van der Waals surface area contributed by atoms with E-state index in [1.807, 2.05) is 0 Å². The van der Waals surface area contributed by atoms with E-state index in [1.165, 1.54) is 41.2 Å². The van der Waals surface area contributed by atoms with E-state index in [1.54, 1.807) is 5.57 Å². The highest BCUT2D eigenvalue weighted by atomic mass is 16.1. The van der Waals surface area contributed by atoms with Gasteiger partial charge in [-0.1, -0.05) is 50.6 Å². The number of fused-ring (bicyclic) bond motifs is 6. The van der Waals surface area contributed by atoms with Crippen LogP contribution in [0.4, 0.5) is 0 Å². The lowest BCUT2D eigenvalue weighted by atomic mass is 9.62. The van der Waals surface area contributed by atoms with E-state index in [0.717, 1.165) is 18.4 Å². The topological polar surface area (TPSA) is 17.1 Å². The van der Waals surface area contributed by atoms with Gasteiger partial charge >= 0.3 is 0 Å². The Bertz CT molecular complexity index is 940.